The number of halogens is 4. The largest absolute Gasteiger partial charge is 0.478 e. The second-order valence-electron chi connectivity index (χ2n) is 6.92. The molecule has 162 valence electrons. The Bertz CT molecular complexity index is 1040. The monoisotopic (exact) mass is 434 g/mol. The predicted molar refractivity (Wildman–Crippen MR) is 107 cm³/mol. The summed E-state index contributed by atoms with van der Waals surface area (Å²) in [6.45, 7) is 1.77. The summed E-state index contributed by atoms with van der Waals surface area (Å²) in [6.07, 6.45) is -3.05. The average molecular weight is 434 g/mol. The molecule has 5 nitrogen and oxygen atoms in total. The maximum absolute atomic E-state index is 13.2. The van der Waals surface area contributed by atoms with Gasteiger partial charge in [-0.05, 0) is 60.9 Å². The van der Waals surface area contributed by atoms with E-state index in [0.29, 0.717) is 17.8 Å². The third-order valence-corrected chi connectivity index (χ3v) is 4.85. The van der Waals surface area contributed by atoms with Crippen LogP contribution in [0.2, 0.25) is 0 Å². The van der Waals surface area contributed by atoms with E-state index in [1.54, 1.807) is 6.92 Å². The number of carboxylic acids is 1. The molecule has 0 aromatic heterocycles. The molecule has 1 amide bonds. The highest BCUT2D eigenvalue weighted by molar-refractivity contribution is 6.16. The highest BCUT2D eigenvalue weighted by Gasteiger charge is 2.37. The summed E-state index contributed by atoms with van der Waals surface area (Å²) < 4.78 is 51.3. The van der Waals surface area contributed by atoms with E-state index in [-0.39, 0.29) is 17.6 Å². The van der Waals surface area contributed by atoms with Crippen molar-refractivity contribution in [2.45, 2.75) is 25.9 Å². The second kappa shape index (κ2) is 8.71. The minimum Gasteiger partial charge on any atom is -0.478 e. The van der Waals surface area contributed by atoms with Crippen molar-refractivity contribution in [3.63, 3.8) is 0 Å². The van der Waals surface area contributed by atoms with Crippen molar-refractivity contribution in [2.24, 2.45) is 11.0 Å². The normalized spacial score (nSPS) is 17.1. The first kappa shape index (κ1) is 22.2. The van der Waals surface area contributed by atoms with Crippen molar-refractivity contribution in [1.82, 2.24) is 0 Å². The molecule has 0 fully saturated rings. The molecule has 1 unspecified atom stereocenters. The molecule has 3 rings (SSSR count). The Morgan fingerprint density at radius 1 is 1.13 bits per heavy atom. The zero-order valence-corrected chi connectivity index (χ0v) is 16.4. The number of amides is 1. The number of nitrogens with zero attached hydrogens (tertiary/aromatic N) is 2. The summed E-state index contributed by atoms with van der Waals surface area (Å²) >= 11 is 0. The number of carbonyl (C=O) groups excluding carboxylic acids is 1. The SMILES string of the molecule is CCC1=NN(c2ccc(F)cc2)C(=O)C1CC(=Cc1ccc(C(F)(F)F)cc1)C(=O)O. The number of hydrogen-bond acceptors (Lipinski definition) is 3. The van der Waals surface area contributed by atoms with Gasteiger partial charge in [-0.25, -0.2) is 14.2 Å². The molecule has 31 heavy (non-hydrogen) atoms. The predicted octanol–water partition coefficient (Wildman–Crippen LogP) is 5.13. The zero-order valence-electron chi connectivity index (χ0n) is 16.4. The summed E-state index contributed by atoms with van der Waals surface area (Å²) in [7, 11) is 0. The molecule has 0 saturated heterocycles. The maximum Gasteiger partial charge on any atom is 0.416 e. The van der Waals surface area contributed by atoms with E-state index in [1.165, 1.54) is 42.5 Å². The Morgan fingerprint density at radius 2 is 1.74 bits per heavy atom. The molecule has 1 heterocycles. The molecule has 2 aromatic carbocycles. The standard InChI is InChI=1S/C22H18F4N2O3/c1-2-19-18(20(29)28(27-19)17-9-7-16(23)8-10-17)12-14(21(30)31)11-13-3-5-15(6-4-13)22(24,25)26/h3-11,18H,2,12H2,1H3,(H,30,31). The van der Waals surface area contributed by atoms with Gasteiger partial charge in [0.15, 0.2) is 0 Å². The molecule has 0 spiro atoms. The lowest BCUT2D eigenvalue weighted by Gasteiger charge is -2.15. The number of alkyl halides is 3. The highest BCUT2D eigenvalue weighted by atomic mass is 19.4. The Hall–Kier alpha value is -3.49. The minimum atomic E-state index is -4.50. The van der Waals surface area contributed by atoms with Crippen LogP contribution in [0.5, 0.6) is 0 Å². The topological polar surface area (TPSA) is 70.0 Å². The van der Waals surface area contributed by atoms with Gasteiger partial charge in [0.2, 0.25) is 0 Å². The van der Waals surface area contributed by atoms with Crippen LogP contribution in [0, 0.1) is 11.7 Å². The third kappa shape index (κ3) is 4.99. The van der Waals surface area contributed by atoms with Gasteiger partial charge in [-0.1, -0.05) is 19.1 Å². The Labute approximate surface area is 175 Å². The minimum absolute atomic E-state index is 0.139. The van der Waals surface area contributed by atoms with Crippen LogP contribution in [0.1, 0.15) is 30.9 Å². The number of carbonyl (C=O) groups is 2. The quantitative estimate of drug-likeness (QED) is 0.506. The summed E-state index contributed by atoms with van der Waals surface area (Å²) in [6, 6.07) is 9.21. The van der Waals surface area contributed by atoms with Crippen LogP contribution < -0.4 is 5.01 Å². The van der Waals surface area contributed by atoms with Crippen LogP contribution >= 0.6 is 0 Å². The lowest BCUT2D eigenvalue weighted by Crippen LogP contribution is -2.28. The molecule has 1 N–H and O–H groups in total. The fraction of sp³-hybridized carbons (Fsp3) is 0.227. The van der Waals surface area contributed by atoms with Gasteiger partial charge in [0.05, 0.1) is 22.9 Å². The van der Waals surface area contributed by atoms with E-state index in [2.05, 4.69) is 5.10 Å². The van der Waals surface area contributed by atoms with Gasteiger partial charge in [-0.2, -0.15) is 18.3 Å². The fourth-order valence-electron chi connectivity index (χ4n) is 3.22. The van der Waals surface area contributed by atoms with Gasteiger partial charge in [-0.3, -0.25) is 4.79 Å². The van der Waals surface area contributed by atoms with E-state index >= 15 is 0 Å². The fourth-order valence-corrected chi connectivity index (χ4v) is 3.22. The van der Waals surface area contributed by atoms with Gasteiger partial charge in [0.1, 0.15) is 5.82 Å². The van der Waals surface area contributed by atoms with Crippen LogP contribution in [0.25, 0.3) is 6.08 Å². The molecule has 0 saturated carbocycles. The Morgan fingerprint density at radius 3 is 2.26 bits per heavy atom. The average Bonchev–Trinajstić information content (AvgIpc) is 3.03. The number of benzene rings is 2. The van der Waals surface area contributed by atoms with E-state index in [4.69, 9.17) is 0 Å². The van der Waals surface area contributed by atoms with Gasteiger partial charge in [0, 0.05) is 5.57 Å². The highest BCUT2D eigenvalue weighted by Crippen LogP contribution is 2.31. The first-order valence-corrected chi connectivity index (χ1v) is 9.38. The second-order valence-corrected chi connectivity index (χ2v) is 6.92. The summed E-state index contributed by atoms with van der Waals surface area (Å²) in [5.74, 6) is -3.06. The summed E-state index contributed by atoms with van der Waals surface area (Å²) in [4.78, 5) is 24.7. The Kier molecular flexibility index (Phi) is 6.24. The van der Waals surface area contributed by atoms with Crippen molar-refractivity contribution in [2.75, 3.05) is 5.01 Å². The third-order valence-electron chi connectivity index (χ3n) is 4.85. The van der Waals surface area contributed by atoms with Crippen LogP contribution in [0.4, 0.5) is 23.2 Å². The zero-order chi connectivity index (χ0) is 22.8. The number of hydrazone groups is 1. The lowest BCUT2D eigenvalue weighted by atomic mass is 9.92. The van der Waals surface area contributed by atoms with Gasteiger partial charge < -0.3 is 5.11 Å². The summed E-state index contributed by atoms with van der Waals surface area (Å²) in [5.41, 5.74) is 0.0987. The van der Waals surface area contributed by atoms with Crippen LogP contribution in [-0.2, 0) is 15.8 Å². The van der Waals surface area contributed by atoms with Gasteiger partial charge in [0.25, 0.3) is 5.91 Å². The van der Waals surface area contributed by atoms with E-state index in [9.17, 15) is 32.3 Å². The molecule has 0 bridgehead atoms. The number of carboxylic acid groups (broad SMARTS) is 1. The maximum atomic E-state index is 13.2. The number of anilines is 1. The molecule has 0 aliphatic carbocycles. The number of hydrogen-bond donors (Lipinski definition) is 1. The van der Waals surface area contributed by atoms with Crippen molar-refractivity contribution in [3.8, 4) is 0 Å². The molecule has 1 atom stereocenters. The van der Waals surface area contributed by atoms with Crippen molar-refractivity contribution < 1.29 is 32.3 Å². The molecule has 1 aliphatic heterocycles. The summed E-state index contributed by atoms with van der Waals surface area (Å²) in [5, 5.41) is 15.0. The molecule has 1 aliphatic rings. The molecular formula is C22H18F4N2O3. The van der Waals surface area contributed by atoms with Gasteiger partial charge in [-0.15, -0.1) is 0 Å². The number of aliphatic carboxylic acids is 1. The first-order valence-electron chi connectivity index (χ1n) is 9.38. The van der Waals surface area contributed by atoms with Crippen LogP contribution in [0.3, 0.4) is 0 Å². The molecule has 9 heteroatoms. The molecule has 0 radical (unpaired) electrons. The Balaban J connectivity index is 1.86. The smallest absolute Gasteiger partial charge is 0.416 e. The molecule has 2 aromatic rings. The molecular weight excluding hydrogens is 416 g/mol. The van der Waals surface area contributed by atoms with E-state index < -0.39 is 35.4 Å². The van der Waals surface area contributed by atoms with Crippen molar-refractivity contribution in [1.29, 1.82) is 0 Å². The van der Waals surface area contributed by atoms with E-state index in [0.717, 1.165) is 17.1 Å². The van der Waals surface area contributed by atoms with Crippen LogP contribution in [-0.4, -0.2) is 22.7 Å². The van der Waals surface area contributed by atoms with E-state index in [1.807, 2.05) is 0 Å². The van der Waals surface area contributed by atoms with Gasteiger partial charge >= 0.3 is 12.1 Å². The number of rotatable bonds is 6. The van der Waals surface area contributed by atoms with Crippen molar-refractivity contribution >= 4 is 29.4 Å². The van der Waals surface area contributed by atoms with Crippen LogP contribution in [0.15, 0.2) is 59.2 Å². The first-order chi connectivity index (χ1) is 14.6. The van der Waals surface area contributed by atoms with Crippen molar-refractivity contribution in [3.05, 3.63) is 71.0 Å². The lowest BCUT2D eigenvalue weighted by molar-refractivity contribution is -0.137.